The molecule has 2 heterocycles. The Kier molecular flexibility index (Phi) is 6.91. The first-order valence-corrected chi connectivity index (χ1v) is 14.3. The van der Waals surface area contributed by atoms with Crippen molar-refractivity contribution >= 4 is 45.1 Å². The number of aliphatic imine (C=N–C) groups is 2. The van der Waals surface area contributed by atoms with Gasteiger partial charge in [-0.3, -0.25) is 9.89 Å². The number of amidine groups is 1. The number of rotatable bonds is 7. The van der Waals surface area contributed by atoms with Gasteiger partial charge in [0.2, 0.25) is 0 Å². The second kappa shape index (κ2) is 10.0. The Hall–Kier alpha value is -3.07. The fraction of sp³-hybridized carbons (Fsp3) is 0.259. The molecule has 10 heteroatoms. The van der Waals surface area contributed by atoms with E-state index in [-0.39, 0.29) is 11.5 Å². The van der Waals surface area contributed by atoms with Crippen LogP contribution in [-0.4, -0.2) is 44.0 Å². The number of hydrogen-bond acceptors (Lipinski definition) is 7. The Morgan fingerprint density at radius 1 is 1.08 bits per heavy atom. The molecule has 192 valence electrons. The zero-order chi connectivity index (χ0) is 26.2. The average Bonchev–Trinajstić information content (AvgIpc) is 3.17. The van der Waals surface area contributed by atoms with Crippen LogP contribution in [0.15, 0.2) is 76.7 Å². The summed E-state index contributed by atoms with van der Waals surface area (Å²) in [6.07, 6.45) is 1.32. The van der Waals surface area contributed by atoms with Gasteiger partial charge in [0, 0.05) is 29.2 Å². The number of nitrogens with zero attached hydrogens (tertiary/aromatic N) is 3. The molecule has 7 nitrogen and oxygen atoms in total. The molecule has 0 saturated heterocycles. The van der Waals surface area contributed by atoms with Gasteiger partial charge in [0.1, 0.15) is 11.6 Å². The Labute approximate surface area is 226 Å². The summed E-state index contributed by atoms with van der Waals surface area (Å²) in [6, 6.07) is 20.1. The van der Waals surface area contributed by atoms with Gasteiger partial charge in [0.05, 0.1) is 10.8 Å². The van der Waals surface area contributed by atoms with Crippen molar-refractivity contribution in [2.75, 3.05) is 18.8 Å². The van der Waals surface area contributed by atoms with E-state index in [1.54, 1.807) is 31.2 Å². The van der Waals surface area contributed by atoms with Crippen molar-refractivity contribution in [1.82, 2.24) is 4.90 Å². The van der Waals surface area contributed by atoms with Gasteiger partial charge in [-0.1, -0.05) is 72.6 Å². The molecule has 0 aromatic heterocycles. The molecule has 1 atom stereocenters. The Bertz CT molecular complexity index is 1510. The van der Waals surface area contributed by atoms with Crippen LogP contribution in [-0.2, 0) is 15.7 Å². The van der Waals surface area contributed by atoms with Gasteiger partial charge in [0.15, 0.2) is 11.5 Å². The van der Waals surface area contributed by atoms with E-state index in [4.69, 9.17) is 43.1 Å². The third kappa shape index (κ3) is 4.69. The predicted molar refractivity (Wildman–Crippen MR) is 149 cm³/mol. The third-order valence-corrected chi connectivity index (χ3v) is 8.41. The summed E-state index contributed by atoms with van der Waals surface area (Å²) in [7, 11) is -3.67. The molecule has 0 spiro atoms. The number of fused-ring (bicyclic) bond motifs is 1. The number of nitrogens with two attached hydrogens (primary N) is 1. The maximum absolute atomic E-state index is 12.2. The van der Waals surface area contributed by atoms with Crippen molar-refractivity contribution in [3.63, 3.8) is 0 Å². The molecule has 3 aromatic rings. The van der Waals surface area contributed by atoms with E-state index in [1.807, 2.05) is 47.4 Å². The molecule has 1 unspecified atom stereocenters. The zero-order valence-electron chi connectivity index (χ0n) is 20.2. The molecule has 2 aliphatic rings. The van der Waals surface area contributed by atoms with Crippen LogP contribution in [0.1, 0.15) is 30.9 Å². The third-order valence-electron chi connectivity index (χ3n) is 6.41. The van der Waals surface area contributed by atoms with Crippen LogP contribution < -0.4 is 9.92 Å². The fourth-order valence-electron chi connectivity index (χ4n) is 4.83. The average molecular weight is 558 g/mol. The largest absolute Gasteiger partial charge is 0.382 e. The number of guanidine groups is 1. The van der Waals surface area contributed by atoms with E-state index >= 15 is 0 Å². The first-order valence-electron chi connectivity index (χ1n) is 12.0. The second-order valence-corrected chi connectivity index (χ2v) is 11.4. The molecular formula is C27H26Cl2N4O3S. The van der Waals surface area contributed by atoms with Crippen LogP contribution in [0.2, 0.25) is 10.0 Å². The van der Waals surface area contributed by atoms with Gasteiger partial charge in [-0.25, -0.2) is 4.99 Å². The van der Waals surface area contributed by atoms with Crippen LogP contribution in [0.3, 0.4) is 0 Å². The monoisotopic (exact) mass is 556 g/mol. The molecule has 0 aliphatic carbocycles. The lowest BCUT2D eigenvalue weighted by Crippen LogP contribution is -2.46. The first-order chi connectivity index (χ1) is 17.7. The summed E-state index contributed by atoms with van der Waals surface area (Å²) >= 11 is 13.4. The minimum absolute atomic E-state index is 0.0583. The summed E-state index contributed by atoms with van der Waals surface area (Å²) in [5.74, 6) is 1.21. The van der Waals surface area contributed by atoms with Crippen molar-refractivity contribution in [2.45, 2.75) is 25.3 Å². The molecule has 0 fully saturated rings. The van der Waals surface area contributed by atoms with Crippen LogP contribution in [0, 0.1) is 0 Å². The van der Waals surface area contributed by atoms with Gasteiger partial charge in [-0.2, -0.15) is 8.42 Å². The van der Waals surface area contributed by atoms with Crippen molar-refractivity contribution in [3.8, 4) is 16.9 Å². The molecule has 0 bridgehead atoms. The quantitative estimate of drug-likeness (QED) is 0.390. The summed E-state index contributed by atoms with van der Waals surface area (Å²) in [6.45, 7) is 3.12. The van der Waals surface area contributed by atoms with Gasteiger partial charge >= 0.3 is 10.1 Å². The number of benzene rings is 3. The molecule has 37 heavy (non-hydrogen) atoms. The first kappa shape index (κ1) is 25.6. The Morgan fingerprint density at radius 3 is 2.57 bits per heavy atom. The summed E-state index contributed by atoms with van der Waals surface area (Å²) < 4.78 is 29.6. The van der Waals surface area contributed by atoms with E-state index < -0.39 is 15.7 Å². The molecular weight excluding hydrogens is 531 g/mol. The summed E-state index contributed by atoms with van der Waals surface area (Å²) in [4.78, 5) is 11.7. The lowest BCUT2D eigenvalue weighted by molar-refractivity contribution is 0.484. The molecule has 3 aromatic carbocycles. The summed E-state index contributed by atoms with van der Waals surface area (Å²) in [5.41, 5.74) is 8.45. The molecule has 0 amide bonds. The van der Waals surface area contributed by atoms with E-state index in [1.165, 1.54) is 0 Å². The van der Waals surface area contributed by atoms with Gasteiger partial charge < -0.3 is 9.92 Å². The van der Waals surface area contributed by atoms with Crippen LogP contribution in [0.5, 0.6) is 5.75 Å². The standard InChI is InChI=1S/C27H26Cl2N4O3S/c1-2-16-37(34,35)36-21-12-10-19(11-13-21)27(25-31-14-5-15-33(25)26(30)32-27)23-9-4-8-22(24(23)29)18-6-3-7-20(28)17-18/h3-4,6-13,17H,2,5,14-16H2,1H3,(H2,30,32). The van der Waals surface area contributed by atoms with Crippen molar-refractivity contribution in [1.29, 1.82) is 0 Å². The smallest absolute Gasteiger partial charge is 0.309 e. The second-order valence-electron chi connectivity index (χ2n) is 8.94. The Balaban J connectivity index is 1.68. The normalized spacial score (nSPS) is 19.3. The summed E-state index contributed by atoms with van der Waals surface area (Å²) in [5, 5.41) is 1.11. The topological polar surface area (TPSA) is 97.3 Å². The van der Waals surface area contributed by atoms with Crippen molar-refractivity contribution in [3.05, 3.63) is 87.9 Å². The van der Waals surface area contributed by atoms with Gasteiger partial charge in [-0.05, 0) is 48.2 Å². The lowest BCUT2D eigenvalue weighted by atomic mass is 9.80. The maximum Gasteiger partial charge on any atom is 0.309 e. The van der Waals surface area contributed by atoms with E-state index in [0.29, 0.717) is 46.9 Å². The highest BCUT2D eigenvalue weighted by Crippen LogP contribution is 2.46. The van der Waals surface area contributed by atoms with E-state index in [9.17, 15) is 8.42 Å². The lowest BCUT2D eigenvalue weighted by Gasteiger charge is -2.33. The highest BCUT2D eigenvalue weighted by atomic mass is 35.5. The highest BCUT2D eigenvalue weighted by Gasteiger charge is 2.50. The van der Waals surface area contributed by atoms with E-state index in [0.717, 1.165) is 23.1 Å². The van der Waals surface area contributed by atoms with Crippen molar-refractivity contribution in [2.24, 2.45) is 15.7 Å². The minimum Gasteiger partial charge on any atom is -0.382 e. The molecule has 2 N–H and O–H groups in total. The van der Waals surface area contributed by atoms with Crippen LogP contribution >= 0.6 is 23.2 Å². The maximum atomic E-state index is 12.2. The van der Waals surface area contributed by atoms with Crippen molar-refractivity contribution < 1.29 is 12.6 Å². The van der Waals surface area contributed by atoms with E-state index in [2.05, 4.69) is 0 Å². The van der Waals surface area contributed by atoms with Gasteiger partial charge in [0.25, 0.3) is 0 Å². The number of halogens is 2. The van der Waals surface area contributed by atoms with Crippen LogP contribution in [0.25, 0.3) is 11.1 Å². The molecule has 0 radical (unpaired) electrons. The molecule has 5 rings (SSSR count). The Morgan fingerprint density at radius 2 is 1.84 bits per heavy atom. The predicted octanol–water partition coefficient (Wildman–Crippen LogP) is 5.46. The minimum atomic E-state index is -3.67. The fourth-order valence-corrected chi connectivity index (χ4v) is 6.38. The van der Waals surface area contributed by atoms with Gasteiger partial charge in [-0.15, -0.1) is 0 Å². The van der Waals surface area contributed by atoms with Crippen LogP contribution in [0.4, 0.5) is 0 Å². The highest BCUT2D eigenvalue weighted by molar-refractivity contribution is 7.87. The SMILES string of the molecule is CCCS(=O)(=O)Oc1ccc(C2(c3cccc(-c4cccc(Cl)c4)c3Cl)N=C(N)N3CCCN=C32)cc1. The zero-order valence-corrected chi connectivity index (χ0v) is 22.5. The molecule has 2 aliphatic heterocycles. The molecule has 0 saturated carbocycles. The number of hydrogen-bond donors (Lipinski definition) is 1.